The van der Waals surface area contributed by atoms with Crippen molar-refractivity contribution in [3.8, 4) is 0 Å². The highest BCUT2D eigenvalue weighted by Gasteiger charge is 2.49. The Balaban J connectivity index is 2.15. The lowest BCUT2D eigenvalue weighted by Crippen LogP contribution is -2.43. The van der Waals surface area contributed by atoms with E-state index >= 15 is 0 Å². The molecular formula is C9H14O4. The van der Waals surface area contributed by atoms with Gasteiger partial charge in [0.1, 0.15) is 18.8 Å². The predicted octanol–water partition coefficient (Wildman–Crippen LogP) is 0.699. The van der Waals surface area contributed by atoms with E-state index in [1.165, 1.54) is 0 Å². The van der Waals surface area contributed by atoms with E-state index in [9.17, 15) is 4.79 Å². The summed E-state index contributed by atoms with van der Waals surface area (Å²) in [4.78, 5) is 11.2. The molecule has 0 N–H and O–H groups in total. The highest BCUT2D eigenvalue weighted by molar-refractivity contribution is 5.73. The average Bonchev–Trinajstić information content (AvgIpc) is 2.34. The van der Waals surface area contributed by atoms with Crippen molar-refractivity contribution in [2.45, 2.75) is 38.8 Å². The Labute approximate surface area is 77.1 Å². The van der Waals surface area contributed by atoms with E-state index in [1.807, 2.05) is 20.8 Å². The first kappa shape index (κ1) is 8.97. The van der Waals surface area contributed by atoms with Gasteiger partial charge in [-0.1, -0.05) is 0 Å². The molecule has 74 valence electrons. The van der Waals surface area contributed by atoms with Crippen LogP contribution in [-0.4, -0.2) is 30.6 Å². The molecule has 1 unspecified atom stereocenters. The van der Waals surface area contributed by atoms with Crippen molar-refractivity contribution in [3.05, 3.63) is 0 Å². The maximum atomic E-state index is 11.2. The van der Waals surface area contributed by atoms with Gasteiger partial charge < -0.3 is 14.2 Å². The van der Waals surface area contributed by atoms with Crippen molar-refractivity contribution >= 4 is 5.97 Å². The minimum atomic E-state index is -0.586. The number of esters is 1. The van der Waals surface area contributed by atoms with Gasteiger partial charge in [0, 0.05) is 0 Å². The number of hydrogen-bond donors (Lipinski definition) is 0. The van der Waals surface area contributed by atoms with E-state index in [2.05, 4.69) is 0 Å². The zero-order valence-electron chi connectivity index (χ0n) is 8.07. The fraction of sp³-hybridized carbons (Fsp3) is 0.889. The van der Waals surface area contributed by atoms with E-state index in [4.69, 9.17) is 14.2 Å². The van der Waals surface area contributed by atoms with Gasteiger partial charge >= 0.3 is 5.97 Å². The van der Waals surface area contributed by atoms with Gasteiger partial charge in [-0.05, 0) is 20.8 Å². The van der Waals surface area contributed by atoms with E-state index in [-0.39, 0.29) is 24.1 Å². The molecule has 0 saturated carbocycles. The standard InChI is InChI=1S/C9H14O4/c1-5-7-6(4-11-8(5)10)12-9(2,3)13-7/h5-7H,4H2,1-3H3/t5?,6-,7+/m1/s1. The van der Waals surface area contributed by atoms with E-state index in [0.717, 1.165) is 0 Å². The monoisotopic (exact) mass is 186 g/mol. The highest BCUT2D eigenvalue weighted by atomic mass is 16.8. The number of cyclic esters (lactones) is 1. The SMILES string of the molecule is CC1C(=O)OC[C@H]2OC(C)(C)O[C@@H]12. The molecule has 0 aliphatic carbocycles. The number of ether oxygens (including phenoxy) is 3. The second-order valence-corrected chi connectivity index (χ2v) is 4.06. The first-order valence-corrected chi connectivity index (χ1v) is 4.52. The molecule has 0 radical (unpaired) electrons. The number of fused-ring (bicyclic) bond motifs is 1. The molecule has 2 aliphatic rings. The van der Waals surface area contributed by atoms with Crippen LogP contribution in [0.4, 0.5) is 0 Å². The van der Waals surface area contributed by atoms with Gasteiger partial charge in [0.2, 0.25) is 0 Å². The summed E-state index contributed by atoms with van der Waals surface area (Å²) < 4.78 is 16.1. The minimum absolute atomic E-state index is 0.0947. The van der Waals surface area contributed by atoms with Crippen LogP contribution in [0.2, 0.25) is 0 Å². The summed E-state index contributed by atoms with van der Waals surface area (Å²) in [6, 6.07) is 0. The van der Waals surface area contributed by atoms with E-state index < -0.39 is 5.79 Å². The van der Waals surface area contributed by atoms with Crippen LogP contribution in [0.15, 0.2) is 0 Å². The summed E-state index contributed by atoms with van der Waals surface area (Å²) >= 11 is 0. The van der Waals surface area contributed by atoms with Crippen LogP contribution in [0.25, 0.3) is 0 Å². The number of rotatable bonds is 0. The third kappa shape index (κ3) is 1.44. The van der Waals surface area contributed by atoms with Gasteiger partial charge in [-0.25, -0.2) is 0 Å². The topological polar surface area (TPSA) is 44.8 Å². The van der Waals surface area contributed by atoms with Crippen molar-refractivity contribution in [2.24, 2.45) is 5.92 Å². The van der Waals surface area contributed by atoms with Crippen LogP contribution in [-0.2, 0) is 19.0 Å². The Morgan fingerprint density at radius 2 is 2.08 bits per heavy atom. The van der Waals surface area contributed by atoms with Crippen molar-refractivity contribution in [1.82, 2.24) is 0 Å². The van der Waals surface area contributed by atoms with Gasteiger partial charge in [0.25, 0.3) is 0 Å². The largest absolute Gasteiger partial charge is 0.463 e. The lowest BCUT2D eigenvalue weighted by Gasteiger charge is -2.27. The fourth-order valence-corrected chi connectivity index (χ4v) is 1.85. The average molecular weight is 186 g/mol. The Morgan fingerprint density at radius 1 is 1.38 bits per heavy atom. The summed E-state index contributed by atoms with van der Waals surface area (Å²) in [6.45, 7) is 5.83. The molecule has 13 heavy (non-hydrogen) atoms. The lowest BCUT2D eigenvalue weighted by atomic mass is 9.98. The third-order valence-corrected chi connectivity index (χ3v) is 2.48. The second kappa shape index (κ2) is 2.69. The Kier molecular flexibility index (Phi) is 1.85. The van der Waals surface area contributed by atoms with Crippen molar-refractivity contribution < 1.29 is 19.0 Å². The molecule has 4 heteroatoms. The number of carbonyl (C=O) groups is 1. The van der Waals surface area contributed by atoms with Crippen LogP contribution in [0.3, 0.4) is 0 Å². The van der Waals surface area contributed by atoms with Gasteiger partial charge in [-0.3, -0.25) is 4.79 Å². The maximum Gasteiger partial charge on any atom is 0.311 e. The molecule has 0 amide bonds. The second-order valence-electron chi connectivity index (χ2n) is 4.06. The fourth-order valence-electron chi connectivity index (χ4n) is 1.85. The summed E-state index contributed by atoms with van der Waals surface area (Å²) in [6.07, 6.45) is -0.237. The quantitative estimate of drug-likeness (QED) is 0.522. The Bertz CT molecular complexity index is 236. The summed E-state index contributed by atoms with van der Waals surface area (Å²) in [5, 5.41) is 0. The normalized spacial score (nSPS) is 42.7. The molecule has 2 fully saturated rings. The van der Waals surface area contributed by atoms with Crippen LogP contribution in [0, 0.1) is 5.92 Å². The molecule has 0 aromatic carbocycles. The Hall–Kier alpha value is -0.610. The first-order chi connectivity index (χ1) is 5.99. The lowest BCUT2D eigenvalue weighted by molar-refractivity contribution is -0.162. The zero-order chi connectivity index (χ0) is 9.64. The van der Waals surface area contributed by atoms with Gasteiger partial charge in [0.05, 0.1) is 5.92 Å². The maximum absolute atomic E-state index is 11.2. The number of hydrogen-bond acceptors (Lipinski definition) is 4. The molecule has 2 heterocycles. The minimum Gasteiger partial charge on any atom is -0.463 e. The van der Waals surface area contributed by atoms with Crippen molar-refractivity contribution in [1.29, 1.82) is 0 Å². The molecule has 3 atom stereocenters. The smallest absolute Gasteiger partial charge is 0.311 e. The predicted molar refractivity (Wildman–Crippen MR) is 43.9 cm³/mol. The summed E-state index contributed by atoms with van der Waals surface area (Å²) in [5.74, 6) is -1.000. The molecule has 2 aliphatic heterocycles. The molecular weight excluding hydrogens is 172 g/mol. The Morgan fingerprint density at radius 3 is 2.77 bits per heavy atom. The third-order valence-electron chi connectivity index (χ3n) is 2.48. The van der Waals surface area contributed by atoms with Crippen LogP contribution in [0.5, 0.6) is 0 Å². The first-order valence-electron chi connectivity index (χ1n) is 4.52. The van der Waals surface area contributed by atoms with Crippen LogP contribution >= 0.6 is 0 Å². The van der Waals surface area contributed by atoms with Crippen molar-refractivity contribution in [2.75, 3.05) is 6.61 Å². The molecule has 4 nitrogen and oxygen atoms in total. The number of carbonyl (C=O) groups excluding carboxylic acids is 1. The molecule has 0 aromatic heterocycles. The zero-order valence-corrected chi connectivity index (χ0v) is 8.07. The van der Waals surface area contributed by atoms with Gasteiger partial charge in [0.15, 0.2) is 5.79 Å². The molecule has 2 saturated heterocycles. The molecule has 0 bridgehead atoms. The molecule has 2 rings (SSSR count). The van der Waals surface area contributed by atoms with Gasteiger partial charge in [-0.2, -0.15) is 0 Å². The van der Waals surface area contributed by atoms with Gasteiger partial charge in [-0.15, -0.1) is 0 Å². The van der Waals surface area contributed by atoms with Crippen LogP contribution < -0.4 is 0 Å². The highest BCUT2D eigenvalue weighted by Crippen LogP contribution is 2.35. The van der Waals surface area contributed by atoms with Crippen LogP contribution in [0.1, 0.15) is 20.8 Å². The summed E-state index contributed by atoms with van der Waals surface area (Å²) in [5.41, 5.74) is 0. The van der Waals surface area contributed by atoms with E-state index in [0.29, 0.717) is 6.61 Å². The molecule has 0 spiro atoms. The van der Waals surface area contributed by atoms with Crippen molar-refractivity contribution in [3.63, 3.8) is 0 Å². The summed E-state index contributed by atoms with van der Waals surface area (Å²) in [7, 11) is 0. The van der Waals surface area contributed by atoms with E-state index in [1.54, 1.807) is 0 Å². The molecule has 0 aromatic rings.